The van der Waals surface area contributed by atoms with Crippen LogP contribution in [0.25, 0.3) is 95.2 Å². The van der Waals surface area contributed by atoms with Crippen LogP contribution in [-0.4, -0.2) is 19.1 Å². The summed E-state index contributed by atoms with van der Waals surface area (Å²) in [5, 5.41) is 3.81. The summed E-state index contributed by atoms with van der Waals surface area (Å²) in [6.07, 6.45) is 6.70. The highest BCUT2D eigenvalue weighted by atomic mass is 15.0. The molecule has 4 heteroatoms. The molecule has 0 unspecified atom stereocenters. The molecule has 7 aromatic carbocycles. The van der Waals surface area contributed by atoms with E-state index in [1.165, 1.54) is 44.0 Å². The molecular formula is C52H36N4. The van der Waals surface area contributed by atoms with Crippen molar-refractivity contribution in [1.82, 2.24) is 19.1 Å². The van der Waals surface area contributed by atoms with Gasteiger partial charge in [-0.2, -0.15) is 0 Å². The van der Waals surface area contributed by atoms with Crippen molar-refractivity contribution in [3.8, 4) is 56.4 Å². The molecule has 1 aliphatic carbocycles. The first-order chi connectivity index (χ1) is 27.8. The van der Waals surface area contributed by atoms with Crippen LogP contribution in [0.3, 0.4) is 0 Å². The molecule has 11 rings (SSSR count). The second-order valence-electron chi connectivity index (χ2n) is 14.5. The predicted octanol–water partition coefficient (Wildman–Crippen LogP) is 13.1. The number of rotatable bonds is 6. The zero-order valence-electron chi connectivity index (χ0n) is 30.7. The molecule has 0 aliphatic heterocycles. The molecule has 0 radical (unpaired) electrons. The first kappa shape index (κ1) is 32.2. The summed E-state index contributed by atoms with van der Waals surface area (Å²) in [6, 6.07) is 64.8. The third-order valence-electron chi connectivity index (χ3n) is 11.2. The third-order valence-corrected chi connectivity index (χ3v) is 11.2. The summed E-state index contributed by atoms with van der Waals surface area (Å²) in [6.45, 7) is 0. The highest BCUT2D eigenvalue weighted by Gasteiger charge is 2.20. The second-order valence-corrected chi connectivity index (χ2v) is 14.5. The Bertz CT molecular complexity index is 3090. The SMILES string of the molecule is C1=Cc2c(c3ccccc3n2-c2cccc(-c3cc(-c4cccc(-n5c6ccccc6c6ccccc65)c4)nc(-c4cccc(-c5ccccc5)c4)n3)c2)CC1. The Kier molecular flexibility index (Phi) is 7.59. The molecule has 0 atom stereocenters. The summed E-state index contributed by atoms with van der Waals surface area (Å²) in [4.78, 5) is 10.6. The Morgan fingerprint density at radius 2 is 0.911 bits per heavy atom. The Balaban J connectivity index is 1.10. The van der Waals surface area contributed by atoms with Crippen LogP contribution >= 0.6 is 0 Å². The summed E-state index contributed by atoms with van der Waals surface area (Å²) < 4.78 is 4.77. The maximum Gasteiger partial charge on any atom is 0.160 e. The maximum atomic E-state index is 5.32. The molecule has 0 saturated heterocycles. The fraction of sp³-hybridized carbons (Fsp3) is 0.0385. The molecule has 1 aliphatic rings. The van der Waals surface area contributed by atoms with Crippen LogP contribution in [0.4, 0.5) is 0 Å². The number of nitrogens with zero attached hydrogens (tertiary/aromatic N) is 4. The van der Waals surface area contributed by atoms with E-state index in [1.807, 2.05) is 0 Å². The Morgan fingerprint density at radius 1 is 0.393 bits per heavy atom. The van der Waals surface area contributed by atoms with Gasteiger partial charge in [0.05, 0.1) is 27.9 Å². The van der Waals surface area contributed by atoms with Gasteiger partial charge in [-0.15, -0.1) is 0 Å². The molecule has 0 fully saturated rings. The van der Waals surface area contributed by atoms with Crippen molar-refractivity contribution in [2.24, 2.45) is 0 Å². The zero-order valence-corrected chi connectivity index (χ0v) is 30.7. The molecule has 0 saturated carbocycles. The van der Waals surface area contributed by atoms with Gasteiger partial charge in [-0.25, -0.2) is 9.97 Å². The molecular weight excluding hydrogens is 681 g/mol. The van der Waals surface area contributed by atoms with Gasteiger partial charge in [-0.3, -0.25) is 0 Å². The van der Waals surface area contributed by atoms with Crippen LogP contribution in [0.1, 0.15) is 17.7 Å². The van der Waals surface area contributed by atoms with Gasteiger partial charge in [0, 0.05) is 49.9 Å². The topological polar surface area (TPSA) is 35.6 Å². The maximum absolute atomic E-state index is 5.32. The quantitative estimate of drug-likeness (QED) is 0.172. The summed E-state index contributed by atoms with van der Waals surface area (Å²) in [5.74, 6) is 0.690. The lowest BCUT2D eigenvalue weighted by Gasteiger charge is -2.15. The Labute approximate surface area is 325 Å². The van der Waals surface area contributed by atoms with E-state index in [9.17, 15) is 0 Å². The molecule has 3 heterocycles. The van der Waals surface area contributed by atoms with Crippen molar-refractivity contribution < 1.29 is 0 Å². The second kappa shape index (κ2) is 13.2. The van der Waals surface area contributed by atoms with Crippen LogP contribution in [0.2, 0.25) is 0 Å². The number of allylic oxidation sites excluding steroid dienone is 1. The van der Waals surface area contributed by atoms with Crippen molar-refractivity contribution in [3.63, 3.8) is 0 Å². The molecule has 4 nitrogen and oxygen atoms in total. The molecule has 0 bridgehead atoms. The highest BCUT2D eigenvalue weighted by Crippen LogP contribution is 2.37. The Morgan fingerprint density at radius 3 is 1.59 bits per heavy atom. The predicted molar refractivity (Wildman–Crippen MR) is 232 cm³/mol. The summed E-state index contributed by atoms with van der Waals surface area (Å²) >= 11 is 0. The Hall–Kier alpha value is -7.30. The fourth-order valence-corrected chi connectivity index (χ4v) is 8.62. The summed E-state index contributed by atoms with van der Waals surface area (Å²) in [7, 11) is 0. The monoisotopic (exact) mass is 716 g/mol. The first-order valence-electron chi connectivity index (χ1n) is 19.3. The van der Waals surface area contributed by atoms with E-state index in [4.69, 9.17) is 9.97 Å². The van der Waals surface area contributed by atoms with Crippen molar-refractivity contribution in [2.45, 2.75) is 12.8 Å². The minimum absolute atomic E-state index is 0.690. The van der Waals surface area contributed by atoms with E-state index < -0.39 is 0 Å². The van der Waals surface area contributed by atoms with Crippen LogP contribution in [0.15, 0.2) is 188 Å². The lowest BCUT2D eigenvalue weighted by atomic mass is 10.0. The normalized spacial score (nSPS) is 12.4. The van der Waals surface area contributed by atoms with E-state index in [0.29, 0.717) is 5.82 Å². The van der Waals surface area contributed by atoms with Gasteiger partial charge >= 0.3 is 0 Å². The molecule has 264 valence electrons. The van der Waals surface area contributed by atoms with Crippen LogP contribution in [0.5, 0.6) is 0 Å². The van der Waals surface area contributed by atoms with E-state index >= 15 is 0 Å². The van der Waals surface area contributed by atoms with E-state index in [0.717, 1.165) is 63.4 Å². The minimum atomic E-state index is 0.690. The number of aromatic nitrogens is 4. The molecule has 0 spiro atoms. The average Bonchev–Trinajstić information content (AvgIpc) is 3.80. The van der Waals surface area contributed by atoms with Gasteiger partial charge in [-0.1, -0.05) is 133 Å². The number of fused-ring (bicyclic) bond motifs is 6. The zero-order chi connectivity index (χ0) is 37.0. The van der Waals surface area contributed by atoms with Gasteiger partial charge in [0.1, 0.15) is 0 Å². The summed E-state index contributed by atoms with van der Waals surface area (Å²) in [5.41, 5.74) is 15.5. The lowest BCUT2D eigenvalue weighted by molar-refractivity contribution is 0.967. The van der Waals surface area contributed by atoms with Gasteiger partial charge < -0.3 is 9.13 Å². The molecule has 0 N–H and O–H groups in total. The fourth-order valence-electron chi connectivity index (χ4n) is 8.62. The average molecular weight is 717 g/mol. The van der Waals surface area contributed by atoms with Gasteiger partial charge in [0.2, 0.25) is 0 Å². The van der Waals surface area contributed by atoms with Gasteiger partial charge in [-0.05, 0) is 90.2 Å². The number of para-hydroxylation sites is 3. The molecule has 0 amide bonds. The van der Waals surface area contributed by atoms with Crippen LogP contribution in [-0.2, 0) is 6.42 Å². The smallest absolute Gasteiger partial charge is 0.160 e. The van der Waals surface area contributed by atoms with Crippen molar-refractivity contribution in [1.29, 1.82) is 0 Å². The van der Waals surface area contributed by atoms with Gasteiger partial charge in [0.25, 0.3) is 0 Å². The van der Waals surface area contributed by atoms with Crippen molar-refractivity contribution in [3.05, 3.63) is 199 Å². The molecule has 56 heavy (non-hydrogen) atoms. The number of aryl methyl sites for hydroxylation is 1. The van der Waals surface area contributed by atoms with E-state index in [1.54, 1.807) is 0 Å². The molecule has 3 aromatic heterocycles. The third kappa shape index (κ3) is 5.38. The first-order valence-corrected chi connectivity index (χ1v) is 19.3. The minimum Gasteiger partial charge on any atom is -0.310 e. The van der Waals surface area contributed by atoms with Crippen molar-refractivity contribution in [2.75, 3.05) is 0 Å². The van der Waals surface area contributed by atoms with Crippen LogP contribution in [0, 0.1) is 0 Å². The lowest BCUT2D eigenvalue weighted by Crippen LogP contribution is -2.01. The number of hydrogen-bond acceptors (Lipinski definition) is 2. The largest absolute Gasteiger partial charge is 0.310 e. The van der Waals surface area contributed by atoms with E-state index in [-0.39, 0.29) is 0 Å². The number of benzene rings is 7. The number of hydrogen-bond donors (Lipinski definition) is 0. The van der Waals surface area contributed by atoms with Crippen molar-refractivity contribution >= 4 is 38.8 Å². The van der Waals surface area contributed by atoms with Crippen LogP contribution < -0.4 is 0 Å². The standard InChI is InChI=1S/C52H36N4/c1-2-15-35(16-3-1)36-17-12-20-39(31-36)52-53-46(37-18-13-21-40(32-37)55-48-27-8-4-23-42(48)43-24-5-9-28-49(43)55)34-47(54-52)38-19-14-22-41(33-38)56-50-29-10-6-25-44(50)45-26-7-11-30-51(45)56/h1-6,8-25,27-34H,7,26H2. The molecule has 10 aromatic rings. The van der Waals surface area contributed by atoms with Gasteiger partial charge in [0.15, 0.2) is 5.82 Å². The highest BCUT2D eigenvalue weighted by molar-refractivity contribution is 6.09. The van der Waals surface area contributed by atoms with E-state index in [2.05, 4.69) is 203 Å².